The molecule has 36 heteroatoms. The maximum atomic E-state index is 4.58. The number of furan rings is 1. The smallest absolute Gasteiger partial charge is 0.213 e. The van der Waals surface area contributed by atoms with Crippen molar-refractivity contribution in [3.63, 3.8) is 0 Å². The Labute approximate surface area is 469 Å². The van der Waals surface area contributed by atoms with Crippen molar-refractivity contribution < 1.29 is 31.4 Å². The molecule has 16 aromatic heterocycles. The first kappa shape index (κ1) is 66.8. The maximum absolute atomic E-state index is 4.58. The molecule has 16 heterocycles. The molecule has 0 aliphatic heterocycles. The van der Waals surface area contributed by atoms with Crippen LogP contribution in [0.2, 0.25) is 0 Å². The Balaban J connectivity index is 0.000000427. The predicted octanol–water partition coefficient (Wildman–Crippen LogP) is 8.92. The molecule has 5 N–H and O–H groups in total. The van der Waals surface area contributed by atoms with E-state index in [9.17, 15) is 0 Å². The zero-order valence-corrected chi connectivity index (χ0v) is 44.6. The molecule has 0 aliphatic carbocycles. The average molecular weight is 1170 g/mol. The Bertz CT molecular complexity index is 1870. The molecule has 0 bridgehead atoms. The van der Waals surface area contributed by atoms with E-state index >= 15 is 0 Å². The number of aromatic amines is 5. The molecule has 0 spiro atoms. The highest BCUT2D eigenvalue weighted by Gasteiger charge is 1.67. The minimum Gasteiger partial charge on any atom is -0.473 e. The fourth-order valence-electron chi connectivity index (χ4n) is 2.88. The number of imidazole rings is 1. The van der Waals surface area contributed by atoms with E-state index in [0.29, 0.717) is 0 Å². The number of oxazole rings is 1. The monoisotopic (exact) mass is 1170 g/mol. The fraction of sp³-hybridized carbons (Fsp3) is 0. The van der Waals surface area contributed by atoms with E-state index in [0.717, 1.165) is 0 Å². The first-order valence-corrected chi connectivity index (χ1v) is 24.9. The number of aromatic nitrogens is 25. The lowest BCUT2D eigenvalue weighted by molar-refractivity contribution is 0.307. The Morgan fingerprint density at radius 3 is 1.41 bits per heavy atom. The molecule has 0 aromatic carbocycles. The van der Waals surface area contributed by atoms with E-state index in [1.165, 1.54) is 105 Å². The largest absolute Gasteiger partial charge is 0.473 e. The Morgan fingerprint density at radius 1 is 0.362 bits per heavy atom. The first-order valence-electron chi connectivity index (χ1n) is 21.3. The molecule has 0 fully saturated rings. The summed E-state index contributed by atoms with van der Waals surface area (Å²) in [5.41, 5.74) is 1.79. The molecular formula is C44H49N25O7S4. The second-order valence-electron chi connectivity index (χ2n) is 11.0. The topological polar surface area (TPSA) is 429 Å². The van der Waals surface area contributed by atoms with Crippen molar-refractivity contribution in [1.82, 2.24) is 126 Å². The summed E-state index contributed by atoms with van der Waals surface area (Å²) in [6.07, 6.45) is 45.4. The molecule has 0 saturated carbocycles. The van der Waals surface area contributed by atoms with Crippen LogP contribution >= 0.6 is 45.7 Å². The third kappa shape index (κ3) is 61.1. The normalized spacial score (nSPS) is 8.00. The van der Waals surface area contributed by atoms with Crippen molar-refractivity contribution >= 4 is 45.7 Å². The van der Waals surface area contributed by atoms with Crippen LogP contribution < -0.4 is 0 Å². The van der Waals surface area contributed by atoms with Crippen molar-refractivity contribution in [1.29, 1.82) is 0 Å². The summed E-state index contributed by atoms with van der Waals surface area (Å²) in [5, 5.41) is 60.9. The van der Waals surface area contributed by atoms with Crippen LogP contribution in [0.1, 0.15) is 0 Å². The SMILES string of the molecule is c1c[nH]cn1.c1cc[nH]c1.c1ccoc1.c1ccsc1.c1cn[nH]c1.c1cn[nH]n1.c1cnoc1.c1cnon1.c1cnsc1.c1cocn1.c1conn1.c1cscn1.c1csnn1.c1nc[nH]n1.c1ncon1.c1nnco1. The average Bonchev–Trinajstić information content (AvgIpc) is 4.39. The van der Waals surface area contributed by atoms with Crippen LogP contribution in [0.3, 0.4) is 0 Å². The van der Waals surface area contributed by atoms with Crippen LogP contribution in [0.5, 0.6) is 0 Å². The van der Waals surface area contributed by atoms with Crippen LogP contribution in [0, 0.1) is 0 Å². The van der Waals surface area contributed by atoms with Crippen molar-refractivity contribution in [2.75, 3.05) is 0 Å². The Kier molecular flexibility index (Phi) is 53.3. The van der Waals surface area contributed by atoms with Gasteiger partial charge in [0.25, 0.3) is 0 Å². The van der Waals surface area contributed by atoms with Crippen LogP contribution in [0.15, 0.2) is 300 Å². The highest BCUT2D eigenvalue weighted by molar-refractivity contribution is 7.07. The van der Waals surface area contributed by atoms with E-state index in [4.69, 9.17) is 0 Å². The predicted molar refractivity (Wildman–Crippen MR) is 288 cm³/mol. The minimum absolute atomic E-state index is 1.26. The van der Waals surface area contributed by atoms with Crippen LogP contribution in [-0.2, 0) is 0 Å². The third-order valence-corrected chi connectivity index (χ3v) is 7.73. The highest BCUT2D eigenvalue weighted by Crippen LogP contribution is 1.91. The second kappa shape index (κ2) is 63.9. The molecule has 416 valence electrons. The van der Waals surface area contributed by atoms with Gasteiger partial charge in [-0.2, -0.15) is 36.9 Å². The van der Waals surface area contributed by atoms with Crippen molar-refractivity contribution in [2.45, 2.75) is 0 Å². The Morgan fingerprint density at radius 2 is 1.21 bits per heavy atom. The molecule has 0 amide bonds. The van der Waals surface area contributed by atoms with Gasteiger partial charge in [0.05, 0.1) is 73.9 Å². The summed E-state index contributed by atoms with van der Waals surface area (Å²) in [6.45, 7) is 0. The number of hydrogen-bond donors (Lipinski definition) is 5. The second-order valence-corrected chi connectivity index (χ2v) is 13.9. The number of hydrogen-bond acceptors (Lipinski definition) is 31. The number of thiophene rings is 1. The number of nitrogens with one attached hydrogen (secondary N) is 5. The van der Waals surface area contributed by atoms with E-state index in [1.54, 1.807) is 121 Å². The third-order valence-electron chi connectivity index (χ3n) is 5.62. The molecule has 0 saturated heterocycles. The molecule has 0 radical (unpaired) electrons. The lowest BCUT2D eigenvalue weighted by atomic mass is 10.7. The summed E-state index contributed by atoms with van der Waals surface area (Å²) >= 11 is 6.13. The Hall–Kier alpha value is -11.2. The van der Waals surface area contributed by atoms with Crippen LogP contribution in [-0.4, -0.2) is 126 Å². The van der Waals surface area contributed by atoms with Gasteiger partial charge in [-0.3, -0.25) is 15.2 Å². The minimum atomic E-state index is 1.26. The first-order chi connectivity index (χ1) is 40.0. The van der Waals surface area contributed by atoms with E-state index in [-0.39, 0.29) is 0 Å². The molecule has 16 aromatic rings. The summed E-state index contributed by atoms with van der Waals surface area (Å²) < 4.78 is 37.6. The zero-order chi connectivity index (χ0) is 56.6. The number of H-pyrrole nitrogens is 5. The summed E-state index contributed by atoms with van der Waals surface area (Å²) in [4.78, 5) is 23.6. The number of rotatable bonds is 0. The quantitative estimate of drug-likeness (QED) is 0.0945. The van der Waals surface area contributed by atoms with Gasteiger partial charge in [-0.15, -0.1) is 31.7 Å². The zero-order valence-electron chi connectivity index (χ0n) is 41.3. The van der Waals surface area contributed by atoms with Gasteiger partial charge in [0.2, 0.25) is 19.2 Å². The van der Waals surface area contributed by atoms with E-state index < -0.39 is 0 Å². The van der Waals surface area contributed by atoms with Crippen molar-refractivity contribution in [2.24, 2.45) is 0 Å². The van der Waals surface area contributed by atoms with Crippen LogP contribution in [0.25, 0.3) is 0 Å². The maximum Gasteiger partial charge on any atom is 0.213 e. The fourth-order valence-corrected chi connectivity index (χ4v) is 4.31. The van der Waals surface area contributed by atoms with Gasteiger partial charge in [-0.05, 0) is 76.3 Å². The van der Waals surface area contributed by atoms with Gasteiger partial charge in [-0.1, -0.05) is 37.2 Å². The lowest BCUT2D eigenvalue weighted by Crippen LogP contribution is -1.61. The molecule has 80 heavy (non-hydrogen) atoms. The molecule has 0 unspecified atom stereocenters. The number of thiazole rings is 1. The summed E-state index contributed by atoms with van der Waals surface area (Å²) in [6, 6.07) is 17.1. The molecule has 32 nitrogen and oxygen atoms in total. The van der Waals surface area contributed by atoms with Crippen molar-refractivity contribution in [3.8, 4) is 0 Å². The van der Waals surface area contributed by atoms with E-state index in [1.807, 2.05) is 87.8 Å². The van der Waals surface area contributed by atoms with Gasteiger partial charge < -0.3 is 36.8 Å². The van der Waals surface area contributed by atoms with Gasteiger partial charge in [0.15, 0.2) is 12.7 Å². The summed E-state index contributed by atoms with van der Waals surface area (Å²) in [7, 11) is 0. The van der Waals surface area contributed by atoms with Gasteiger partial charge in [0.1, 0.15) is 31.4 Å². The molecular weight excluding hydrogens is 1120 g/mol. The van der Waals surface area contributed by atoms with Gasteiger partial charge >= 0.3 is 0 Å². The van der Waals surface area contributed by atoms with Gasteiger partial charge in [-0.25, -0.2) is 28.9 Å². The van der Waals surface area contributed by atoms with Gasteiger partial charge in [0, 0.05) is 71.0 Å². The molecule has 0 aliphatic rings. The highest BCUT2D eigenvalue weighted by atomic mass is 32.1. The molecule has 16 rings (SSSR count). The van der Waals surface area contributed by atoms with Crippen molar-refractivity contribution in [3.05, 3.63) is 268 Å². The lowest BCUT2D eigenvalue weighted by Gasteiger charge is -1.50. The summed E-state index contributed by atoms with van der Waals surface area (Å²) in [5.74, 6) is 0. The standard InChI is InChI=1S/C4H5N.C4H4O.C4H4S.2C3H4N2.2C3H3NO.2C3H3NS.2C2H3N3.4C2H2N2O.C2H2N2S/c3*1-2-4-5-3-1;1-2-5-3-4-1;1-2-4-5-3-1;1-2-5-3-4-1;1-2-4-5-3-1;1-2-5-3-4-1;1-2-4-5-3-1;1-3-2-5-4-1;1-2-4-5-3-1;1-3-4-2-5-1;1-3-2-5-4-1;1-2-5-4-3-1;1-2-4-5-3-1;1-2-5-4-3-1/h1-5H;2*1-4H;2*1-3H,(H,4,5);4*1-3H;2*1-2H,(H,3,4,5);5*1-2H. The number of nitrogens with zero attached hydrogens (tertiary/aromatic N) is 20. The van der Waals surface area contributed by atoms with Crippen LogP contribution in [0.4, 0.5) is 0 Å². The molecule has 0 atom stereocenters. The van der Waals surface area contributed by atoms with E-state index in [2.05, 4.69) is 157 Å².